The van der Waals surface area contributed by atoms with Crippen LogP contribution in [-0.4, -0.2) is 0 Å². The molecule has 0 radical (unpaired) electrons. The largest absolute Gasteiger partial charge is 1.00 e. The quantitative estimate of drug-likeness (QED) is 0.121. The summed E-state index contributed by atoms with van der Waals surface area (Å²) in [6.07, 6.45) is 25.0. The molecule has 0 unspecified atom stereocenters. The summed E-state index contributed by atoms with van der Waals surface area (Å²) in [6, 6.07) is 17.5. The lowest BCUT2D eigenvalue weighted by atomic mass is 10.1. The molecule has 4 aromatic heterocycles. The third kappa shape index (κ3) is 11.2. The van der Waals surface area contributed by atoms with E-state index in [4.69, 9.17) is 0 Å². The molecule has 4 aromatic rings. The maximum atomic E-state index is 2.31. The Balaban J connectivity index is 0.00000342. The SMILES string of the molecule is C[n+]1ccc(-c2cc[n+](CCCCCCCC[n+]3ccc(-c4cc[n+](C)cc4)cc3)cc2)cc1.[Cl-].[Cl-].[Cl-].[Cl-]. The van der Waals surface area contributed by atoms with Crippen molar-refractivity contribution in [3.05, 3.63) is 98.1 Å². The average Bonchev–Trinajstić information content (AvgIpc) is 2.87. The van der Waals surface area contributed by atoms with Gasteiger partial charge in [0.25, 0.3) is 0 Å². The molecule has 0 atom stereocenters. The van der Waals surface area contributed by atoms with E-state index < -0.39 is 0 Å². The average molecular weight is 596 g/mol. The van der Waals surface area contributed by atoms with E-state index in [1.807, 2.05) is 14.1 Å². The molecular weight excluding hydrogens is 558 g/mol. The minimum atomic E-state index is 0. The highest BCUT2D eigenvalue weighted by atomic mass is 35.5. The third-order valence-corrected chi connectivity index (χ3v) is 6.49. The number of hydrogen-bond acceptors (Lipinski definition) is 0. The Hall–Kier alpha value is -2.24. The molecule has 0 N–H and O–H groups in total. The Bertz CT molecular complexity index is 1060. The first-order valence-electron chi connectivity index (χ1n) is 12.6. The molecule has 0 aliphatic carbocycles. The Morgan fingerprint density at radius 1 is 0.368 bits per heavy atom. The van der Waals surface area contributed by atoms with Crippen LogP contribution >= 0.6 is 0 Å². The molecule has 38 heavy (non-hydrogen) atoms. The van der Waals surface area contributed by atoms with Gasteiger partial charge in [0.05, 0.1) is 0 Å². The second-order valence-electron chi connectivity index (χ2n) is 9.28. The molecule has 206 valence electrons. The van der Waals surface area contributed by atoms with E-state index in [0.29, 0.717) is 0 Å². The minimum Gasteiger partial charge on any atom is -1.00 e. The zero-order chi connectivity index (χ0) is 23.6. The predicted octanol–water partition coefficient (Wildman–Crippen LogP) is -7.70. The summed E-state index contributed by atoms with van der Waals surface area (Å²) >= 11 is 0. The number of halogens is 4. The number of rotatable bonds is 11. The second kappa shape index (κ2) is 18.9. The Kier molecular flexibility index (Phi) is 17.8. The number of aromatic nitrogens is 4. The van der Waals surface area contributed by atoms with Gasteiger partial charge < -0.3 is 49.6 Å². The van der Waals surface area contributed by atoms with Gasteiger partial charge in [-0.15, -0.1) is 0 Å². The maximum Gasteiger partial charge on any atom is 0.169 e. The number of hydrogen-bond donors (Lipinski definition) is 0. The predicted molar refractivity (Wildman–Crippen MR) is 134 cm³/mol. The van der Waals surface area contributed by atoms with Gasteiger partial charge in [-0.1, -0.05) is 12.8 Å². The minimum absolute atomic E-state index is 0. The Morgan fingerprint density at radius 2 is 0.605 bits per heavy atom. The lowest BCUT2D eigenvalue weighted by Crippen LogP contribution is -3.00. The van der Waals surface area contributed by atoms with E-state index in [-0.39, 0.29) is 49.6 Å². The van der Waals surface area contributed by atoms with Gasteiger partial charge in [0.1, 0.15) is 27.2 Å². The van der Waals surface area contributed by atoms with Crippen molar-refractivity contribution >= 4 is 0 Å². The van der Waals surface area contributed by atoms with Gasteiger partial charge in [-0.25, -0.2) is 18.3 Å². The fourth-order valence-electron chi connectivity index (χ4n) is 4.28. The van der Waals surface area contributed by atoms with Gasteiger partial charge in [-0.2, -0.15) is 0 Å². The number of unbranched alkanes of at least 4 members (excludes halogenated alkanes) is 5. The third-order valence-electron chi connectivity index (χ3n) is 6.49. The molecule has 0 aromatic carbocycles. The van der Waals surface area contributed by atoms with Crippen LogP contribution < -0.4 is 67.9 Å². The molecule has 4 nitrogen and oxygen atoms in total. The van der Waals surface area contributed by atoms with Crippen LogP contribution in [0.4, 0.5) is 0 Å². The van der Waals surface area contributed by atoms with Gasteiger partial charge in [0.15, 0.2) is 49.6 Å². The Morgan fingerprint density at radius 3 is 0.895 bits per heavy atom. The molecule has 0 amide bonds. The van der Waals surface area contributed by atoms with Crippen LogP contribution in [0.1, 0.15) is 38.5 Å². The summed E-state index contributed by atoms with van der Waals surface area (Å²) in [4.78, 5) is 0. The van der Waals surface area contributed by atoms with Crippen molar-refractivity contribution in [2.45, 2.75) is 51.6 Å². The normalized spacial score (nSPS) is 9.84. The summed E-state index contributed by atoms with van der Waals surface area (Å²) in [5.74, 6) is 0. The van der Waals surface area contributed by atoms with Crippen LogP contribution in [0.2, 0.25) is 0 Å². The standard InChI is InChI=1S/C30H38N4.4ClH/c1-31-19-9-27(10-20-31)29-13-23-33(24-14-29)17-7-5-3-4-6-8-18-34-25-15-30(16-26-34)28-11-21-32(2)22-12-28;;;;/h9-16,19-26H,3-8,17-18H2,1-2H3;4*1H/q+4;;;;/p-4. The number of pyridine rings is 4. The van der Waals surface area contributed by atoms with E-state index in [2.05, 4.69) is 116 Å². The smallest absolute Gasteiger partial charge is 0.169 e. The summed E-state index contributed by atoms with van der Waals surface area (Å²) in [5, 5.41) is 0. The first-order chi connectivity index (χ1) is 16.7. The lowest BCUT2D eigenvalue weighted by molar-refractivity contribution is -0.697. The lowest BCUT2D eigenvalue weighted by Gasteiger charge is -2.02. The van der Waals surface area contributed by atoms with Gasteiger partial charge >= 0.3 is 0 Å². The Labute approximate surface area is 253 Å². The zero-order valence-corrected chi connectivity index (χ0v) is 25.2. The molecular formula is C30H38Cl4N4. The monoisotopic (exact) mass is 594 g/mol. The van der Waals surface area contributed by atoms with Crippen molar-refractivity contribution in [2.24, 2.45) is 14.1 Å². The van der Waals surface area contributed by atoms with E-state index in [0.717, 1.165) is 13.1 Å². The van der Waals surface area contributed by atoms with Crippen LogP contribution in [0.5, 0.6) is 0 Å². The fourth-order valence-corrected chi connectivity index (χ4v) is 4.28. The van der Waals surface area contributed by atoms with Crippen LogP contribution in [-0.2, 0) is 27.2 Å². The second-order valence-corrected chi connectivity index (χ2v) is 9.28. The van der Waals surface area contributed by atoms with Crippen molar-refractivity contribution in [1.29, 1.82) is 0 Å². The number of aryl methyl sites for hydroxylation is 4. The van der Waals surface area contributed by atoms with Crippen molar-refractivity contribution in [3.8, 4) is 22.3 Å². The molecule has 0 bridgehead atoms. The van der Waals surface area contributed by atoms with E-state index >= 15 is 0 Å². The van der Waals surface area contributed by atoms with E-state index in [1.165, 1.54) is 60.8 Å². The highest BCUT2D eigenvalue weighted by Crippen LogP contribution is 2.16. The number of nitrogens with zero attached hydrogens (tertiary/aromatic N) is 4. The zero-order valence-electron chi connectivity index (χ0n) is 22.2. The van der Waals surface area contributed by atoms with Crippen LogP contribution in [0.15, 0.2) is 98.1 Å². The van der Waals surface area contributed by atoms with Gasteiger partial charge in [0.2, 0.25) is 0 Å². The topological polar surface area (TPSA) is 15.5 Å². The van der Waals surface area contributed by atoms with Crippen molar-refractivity contribution in [2.75, 3.05) is 0 Å². The van der Waals surface area contributed by atoms with E-state index in [9.17, 15) is 0 Å². The highest BCUT2D eigenvalue weighted by Gasteiger charge is 2.06. The first kappa shape index (κ1) is 35.8. The van der Waals surface area contributed by atoms with Crippen LogP contribution in [0.25, 0.3) is 22.3 Å². The van der Waals surface area contributed by atoms with E-state index in [1.54, 1.807) is 0 Å². The van der Waals surface area contributed by atoms with Crippen molar-refractivity contribution in [1.82, 2.24) is 0 Å². The molecule has 0 saturated heterocycles. The van der Waals surface area contributed by atoms with Crippen LogP contribution in [0, 0.1) is 0 Å². The maximum absolute atomic E-state index is 2.31. The molecule has 0 aliphatic rings. The summed E-state index contributed by atoms with van der Waals surface area (Å²) in [7, 11) is 4.10. The van der Waals surface area contributed by atoms with Crippen molar-refractivity contribution < 1.29 is 67.9 Å². The molecule has 0 saturated carbocycles. The van der Waals surface area contributed by atoms with Gasteiger partial charge in [-0.3, -0.25) is 0 Å². The molecule has 0 fully saturated rings. The summed E-state index contributed by atoms with van der Waals surface area (Å²) in [6.45, 7) is 2.21. The highest BCUT2D eigenvalue weighted by molar-refractivity contribution is 5.61. The molecule has 0 aliphatic heterocycles. The molecule has 4 rings (SSSR count). The molecule has 0 spiro atoms. The van der Waals surface area contributed by atoms with Crippen LogP contribution in [0.3, 0.4) is 0 Å². The van der Waals surface area contributed by atoms with Crippen molar-refractivity contribution in [3.63, 3.8) is 0 Å². The van der Waals surface area contributed by atoms with Gasteiger partial charge in [-0.05, 0) is 35.1 Å². The first-order valence-corrected chi connectivity index (χ1v) is 12.6. The van der Waals surface area contributed by atoms with Gasteiger partial charge in [0, 0.05) is 61.4 Å². The molecule has 4 heterocycles. The summed E-state index contributed by atoms with van der Waals surface area (Å²) in [5.41, 5.74) is 5.09. The summed E-state index contributed by atoms with van der Waals surface area (Å²) < 4.78 is 8.74. The molecule has 8 heteroatoms. The fraction of sp³-hybridized carbons (Fsp3) is 0.333.